The molecule has 0 radical (unpaired) electrons. The van der Waals surface area contributed by atoms with Crippen LogP contribution in [-0.4, -0.2) is 12.0 Å². The molecule has 4 fully saturated rings. The zero-order valence-corrected chi connectivity index (χ0v) is 19.3. The van der Waals surface area contributed by atoms with Crippen LogP contribution in [0.5, 0.6) is 5.75 Å². The molecular formula is C27H32ClNO2. The molecule has 4 aliphatic carbocycles. The average Bonchev–Trinajstić information content (AvgIpc) is 2.74. The van der Waals surface area contributed by atoms with Gasteiger partial charge in [-0.3, -0.25) is 4.79 Å². The Morgan fingerprint density at radius 3 is 2.23 bits per heavy atom. The van der Waals surface area contributed by atoms with Crippen molar-refractivity contribution in [3.05, 3.63) is 58.6 Å². The van der Waals surface area contributed by atoms with Crippen LogP contribution in [0.2, 0.25) is 5.02 Å². The van der Waals surface area contributed by atoms with E-state index in [9.17, 15) is 4.79 Å². The lowest BCUT2D eigenvalue weighted by molar-refractivity contribution is -0.122. The maximum atomic E-state index is 12.8. The van der Waals surface area contributed by atoms with E-state index < -0.39 is 6.10 Å². The lowest BCUT2D eigenvalue weighted by atomic mass is 9.48. The van der Waals surface area contributed by atoms with Crippen LogP contribution in [0.4, 0.5) is 5.69 Å². The fraction of sp³-hybridized carbons (Fsp3) is 0.519. The fourth-order valence-corrected chi connectivity index (χ4v) is 6.89. The van der Waals surface area contributed by atoms with Gasteiger partial charge in [0.25, 0.3) is 5.91 Å². The minimum Gasteiger partial charge on any atom is -0.481 e. The first-order valence-corrected chi connectivity index (χ1v) is 12.2. The Hall–Kier alpha value is -2.00. The second kappa shape index (κ2) is 8.16. The molecule has 31 heavy (non-hydrogen) atoms. The maximum absolute atomic E-state index is 12.8. The Morgan fingerprint density at radius 1 is 1.06 bits per heavy atom. The van der Waals surface area contributed by atoms with E-state index in [2.05, 4.69) is 29.6 Å². The molecule has 4 heteroatoms. The summed E-state index contributed by atoms with van der Waals surface area (Å²) in [5.74, 6) is 3.36. The Balaban J connectivity index is 1.26. The monoisotopic (exact) mass is 437 g/mol. The first-order chi connectivity index (χ1) is 14.9. The number of amides is 1. The van der Waals surface area contributed by atoms with Crippen molar-refractivity contribution in [2.24, 2.45) is 17.8 Å². The van der Waals surface area contributed by atoms with Gasteiger partial charge in [-0.1, -0.05) is 30.7 Å². The summed E-state index contributed by atoms with van der Waals surface area (Å²) in [4.78, 5) is 12.8. The van der Waals surface area contributed by atoms with E-state index in [1.165, 1.54) is 44.1 Å². The Bertz CT molecular complexity index is 932. The van der Waals surface area contributed by atoms with E-state index in [1.54, 1.807) is 6.07 Å². The molecule has 1 amide bonds. The summed E-state index contributed by atoms with van der Waals surface area (Å²) in [5.41, 5.74) is 3.64. The summed E-state index contributed by atoms with van der Waals surface area (Å²) in [5, 5.41) is 3.75. The molecule has 0 aromatic heterocycles. The Labute approximate surface area is 190 Å². The van der Waals surface area contributed by atoms with Gasteiger partial charge in [-0.15, -0.1) is 0 Å². The Morgan fingerprint density at radius 2 is 1.68 bits per heavy atom. The van der Waals surface area contributed by atoms with Crippen LogP contribution in [0, 0.1) is 24.7 Å². The molecule has 1 unspecified atom stereocenters. The number of aryl methyl sites for hydroxylation is 1. The molecule has 1 N–H and O–H groups in total. The van der Waals surface area contributed by atoms with Gasteiger partial charge in [0.05, 0.1) is 0 Å². The molecule has 4 aliphatic rings. The molecule has 2 aromatic rings. The van der Waals surface area contributed by atoms with E-state index in [0.29, 0.717) is 22.6 Å². The van der Waals surface area contributed by atoms with Crippen LogP contribution in [0.1, 0.15) is 63.0 Å². The topological polar surface area (TPSA) is 38.3 Å². The first-order valence-electron chi connectivity index (χ1n) is 11.8. The van der Waals surface area contributed by atoms with Crippen molar-refractivity contribution in [2.45, 2.75) is 70.3 Å². The van der Waals surface area contributed by atoms with Crippen molar-refractivity contribution in [2.75, 3.05) is 5.32 Å². The molecule has 0 spiro atoms. The van der Waals surface area contributed by atoms with Crippen molar-refractivity contribution in [1.29, 1.82) is 0 Å². The second-order valence-electron chi connectivity index (χ2n) is 10.2. The lowest BCUT2D eigenvalue weighted by Gasteiger charge is -2.57. The smallest absolute Gasteiger partial charge is 0.265 e. The van der Waals surface area contributed by atoms with Gasteiger partial charge in [0.15, 0.2) is 6.10 Å². The highest BCUT2D eigenvalue weighted by molar-refractivity contribution is 6.31. The van der Waals surface area contributed by atoms with Crippen LogP contribution in [0.3, 0.4) is 0 Å². The fourth-order valence-electron chi connectivity index (χ4n) is 6.77. The van der Waals surface area contributed by atoms with Crippen LogP contribution < -0.4 is 10.1 Å². The predicted octanol–water partition coefficient (Wildman–Crippen LogP) is 6.91. The number of nitrogens with one attached hydrogen (secondary N) is 1. The molecule has 164 valence electrons. The highest BCUT2D eigenvalue weighted by Crippen LogP contribution is 2.60. The van der Waals surface area contributed by atoms with Gasteiger partial charge in [0.1, 0.15) is 5.75 Å². The van der Waals surface area contributed by atoms with Crippen molar-refractivity contribution >= 4 is 23.2 Å². The number of benzene rings is 2. The van der Waals surface area contributed by atoms with E-state index in [0.717, 1.165) is 29.0 Å². The number of hydrogen-bond donors (Lipinski definition) is 1. The summed E-state index contributed by atoms with van der Waals surface area (Å²) in [6, 6.07) is 14.2. The van der Waals surface area contributed by atoms with Gasteiger partial charge >= 0.3 is 0 Å². The number of anilines is 1. The van der Waals surface area contributed by atoms with E-state index in [1.807, 2.05) is 26.0 Å². The zero-order valence-electron chi connectivity index (χ0n) is 18.5. The van der Waals surface area contributed by atoms with Crippen molar-refractivity contribution < 1.29 is 9.53 Å². The van der Waals surface area contributed by atoms with Crippen molar-refractivity contribution in [1.82, 2.24) is 0 Å². The highest BCUT2D eigenvalue weighted by atomic mass is 35.5. The molecule has 2 aromatic carbocycles. The first kappa shape index (κ1) is 20.9. The molecule has 6 rings (SSSR count). The molecule has 3 nitrogen and oxygen atoms in total. The molecular weight excluding hydrogens is 406 g/mol. The average molecular weight is 438 g/mol. The molecule has 0 aliphatic heterocycles. The van der Waals surface area contributed by atoms with Gasteiger partial charge in [0.2, 0.25) is 0 Å². The summed E-state index contributed by atoms with van der Waals surface area (Å²) in [6.45, 7) is 3.89. The third kappa shape index (κ3) is 4.09. The summed E-state index contributed by atoms with van der Waals surface area (Å²) < 4.78 is 5.95. The summed E-state index contributed by atoms with van der Waals surface area (Å²) in [7, 11) is 0. The highest BCUT2D eigenvalue weighted by Gasteiger charge is 2.51. The van der Waals surface area contributed by atoms with Crippen LogP contribution in [0.25, 0.3) is 0 Å². The van der Waals surface area contributed by atoms with Gasteiger partial charge in [0, 0.05) is 10.7 Å². The molecule has 1 atom stereocenters. The Kier molecular flexibility index (Phi) is 5.50. The van der Waals surface area contributed by atoms with Gasteiger partial charge in [-0.25, -0.2) is 0 Å². The standard InChI is InChI=1S/C27H32ClNO2/c1-3-25(31-23-8-9-24(28)17(2)10-23)26(30)29-22-6-4-21(5-7-22)27-14-18-11-19(15-27)13-20(12-18)16-27/h4-10,18-20,25H,3,11-16H2,1-2H3,(H,29,30). The van der Waals surface area contributed by atoms with Crippen LogP contribution >= 0.6 is 11.6 Å². The molecule has 4 bridgehead atoms. The normalized spacial score (nSPS) is 29.6. The van der Waals surface area contributed by atoms with E-state index in [-0.39, 0.29) is 5.91 Å². The number of halogens is 1. The van der Waals surface area contributed by atoms with Crippen molar-refractivity contribution in [3.8, 4) is 5.75 Å². The number of ether oxygens (including phenoxy) is 1. The second-order valence-corrected chi connectivity index (χ2v) is 10.6. The lowest BCUT2D eigenvalue weighted by Crippen LogP contribution is -2.48. The number of rotatable bonds is 6. The zero-order chi connectivity index (χ0) is 21.6. The third-order valence-electron chi connectivity index (χ3n) is 7.87. The van der Waals surface area contributed by atoms with Crippen LogP contribution in [0.15, 0.2) is 42.5 Å². The largest absolute Gasteiger partial charge is 0.481 e. The SMILES string of the molecule is CCC(Oc1ccc(Cl)c(C)c1)C(=O)Nc1ccc(C23CC4CC(CC(C4)C2)C3)cc1. The van der Waals surface area contributed by atoms with Gasteiger partial charge < -0.3 is 10.1 Å². The van der Waals surface area contributed by atoms with Crippen molar-refractivity contribution in [3.63, 3.8) is 0 Å². The number of hydrogen-bond acceptors (Lipinski definition) is 2. The number of carbonyl (C=O) groups excluding carboxylic acids is 1. The maximum Gasteiger partial charge on any atom is 0.265 e. The van der Waals surface area contributed by atoms with Crippen LogP contribution in [-0.2, 0) is 10.2 Å². The van der Waals surface area contributed by atoms with Gasteiger partial charge in [-0.05, 0) is 116 Å². The predicted molar refractivity (Wildman–Crippen MR) is 126 cm³/mol. The van der Waals surface area contributed by atoms with E-state index >= 15 is 0 Å². The van der Waals surface area contributed by atoms with E-state index in [4.69, 9.17) is 16.3 Å². The third-order valence-corrected chi connectivity index (χ3v) is 8.30. The molecule has 4 saturated carbocycles. The molecule has 0 heterocycles. The summed E-state index contributed by atoms with van der Waals surface area (Å²) >= 11 is 6.10. The molecule has 0 saturated heterocycles. The minimum atomic E-state index is -0.539. The number of carbonyl (C=O) groups is 1. The summed E-state index contributed by atoms with van der Waals surface area (Å²) in [6.07, 6.45) is 8.50. The minimum absolute atomic E-state index is 0.113. The van der Waals surface area contributed by atoms with Gasteiger partial charge in [-0.2, -0.15) is 0 Å². The quantitative estimate of drug-likeness (QED) is 0.533.